The van der Waals surface area contributed by atoms with Crippen LogP contribution < -0.4 is 5.32 Å². The summed E-state index contributed by atoms with van der Waals surface area (Å²) in [5.41, 5.74) is 3.51. The zero-order chi connectivity index (χ0) is 13.9. The Morgan fingerprint density at radius 2 is 1.95 bits per heavy atom. The molecule has 0 spiro atoms. The van der Waals surface area contributed by atoms with Gasteiger partial charge in [0.25, 0.3) is 0 Å². The number of hydrogen-bond donors (Lipinski definition) is 1. The summed E-state index contributed by atoms with van der Waals surface area (Å²) >= 11 is 6.03. The largest absolute Gasteiger partial charge is 0.381 e. The van der Waals surface area contributed by atoms with E-state index in [9.17, 15) is 0 Å². The highest BCUT2D eigenvalue weighted by molar-refractivity contribution is 6.30. The van der Waals surface area contributed by atoms with Gasteiger partial charge in [0.2, 0.25) is 0 Å². The Kier molecular flexibility index (Phi) is 3.57. The van der Waals surface area contributed by atoms with E-state index >= 15 is 0 Å². The van der Waals surface area contributed by atoms with Gasteiger partial charge in [-0.15, -0.1) is 0 Å². The molecular weight excluding hydrogens is 268 g/mol. The first-order valence-corrected chi connectivity index (χ1v) is 6.93. The van der Waals surface area contributed by atoms with Crippen LogP contribution >= 0.6 is 11.6 Å². The van der Waals surface area contributed by atoms with Crippen LogP contribution in [0.3, 0.4) is 0 Å². The van der Waals surface area contributed by atoms with Crippen molar-refractivity contribution in [2.24, 2.45) is 0 Å². The zero-order valence-corrected chi connectivity index (χ0v) is 12.0. The third-order valence-electron chi connectivity index (χ3n) is 3.39. The minimum absolute atomic E-state index is 0.752. The highest BCUT2D eigenvalue weighted by Crippen LogP contribution is 2.21. The summed E-state index contributed by atoms with van der Waals surface area (Å²) in [7, 11) is 0. The van der Waals surface area contributed by atoms with E-state index in [-0.39, 0.29) is 0 Å². The second-order valence-corrected chi connectivity index (χ2v) is 5.31. The van der Waals surface area contributed by atoms with Crippen molar-refractivity contribution in [3.63, 3.8) is 0 Å². The molecule has 0 radical (unpaired) electrons. The molecule has 20 heavy (non-hydrogen) atoms. The summed E-state index contributed by atoms with van der Waals surface area (Å²) in [6.07, 6.45) is 3.70. The molecule has 3 rings (SSSR count). The van der Waals surface area contributed by atoms with Gasteiger partial charge in [0.05, 0.1) is 0 Å². The summed E-state index contributed by atoms with van der Waals surface area (Å²) < 4.78 is 0. The molecule has 0 aliphatic carbocycles. The molecule has 3 aromatic rings. The van der Waals surface area contributed by atoms with Gasteiger partial charge in [-0.3, -0.25) is 4.98 Å². The molecule has 100 valence electrons. The summed E-state index contributed by atoms with van der Waals surface area (Å²) in [5.74, 6) is 0. The minimum atomic E-state index is 0.752. The molecular formula is C17H15ClN2. The van der Waals surface area contributed by atoms with Crippen LogP contribution in [0.4, 0.5) is 5.69 Å². The lowest BCUT2D eigenvalue weighted by Gasteiger charge is -2.10. The zero-order valence-electron chi connectivity index (χ0n) is 11.2. The molecule has 1 N–H and O–H groups in total. The standard InChI is InChI=1S/C17H15ClN2/c1-12-2-5-16(18)9-17(12)20-10-13-3-4-15-11-19-7-6-14(15)8-13/h2-9,11,20H,10H2,1H3. The Morgan fingerprint density at radius 3 is 2.85 bits per heavy atom. The van der Waals surface area contributed by atoms with Gasteiger partial charge in [-0.05, 0) is 47.7 Å². The molecule has 0 fully saturated rings. The lowest BCUT2D eigenvalue weighted by Crippen LogP contribution is -2.01. The molecule has 0 amide bonds. The maximum absolute atomic E-state index is 6.03. The second kappa shape index (κ2) is 5.51. The number of pyridine rings is 1. The molecule has 0 aliphatic rings. The normalized spacial score (nSPS) is 10.7. The molecule has 1 heterocycles. The monoisotopic (exact) mass is 282 g/mol. The van der Waals surface area contributed by atoms with Gasteiger partial charge in [-0.25, -0.2) is 0 Å². The quantitative estimate of drug-likeness (QED) is 0.746. The van der Waals surface area contributed by atoms with E-state index in [1.165, 1.54) is 16.5 Å². The smallest absolute Gasteiger partial charge is 0.0426 e. The molecule has 0 bridgehead atoms. The first-order chi connectivity index (χ1) is 9.72. The number of hydrogen-bond acceptors (Lipinski definition) is 2. The van der Waals surface area contributed by atoms with Crippen molar-refractivity contribution >= 4 is 28.1 Å². The Hall–Kier alpha value is -2.06. The topological polar surface area (TPSA) is 24.9 Å². The SMILES string of the molecule is Cc1ccc(Cl)cc1NCc1ccc2cnccc2c1. The van der Waals surface area contributed by atoms with Crippen molar-refractivity contribution in [3.8, 4) is 0 Å². The maximum Gasteiger partial charge on any atom is 0.0426 e. The number of halogens is 1. The molecule has 0 saturated heterocycles. The van der Waals surface area contributed by atoms with Crippen molar-refractivity contribution < 1.29 is 0 Å². The first-order valence-electron chi connectivity index (χ1n) is 6.55. The average Bonchev–Trinajstić information content (AvgIpc) is 2.48. The van der Waals surface area contributed by atoms with E-state index in [0.29, 0.717) is 0 Å². The van der Waals surface area contributed by atoms with Gasteiger partial charge in [0.15, 0.2) is 0 Å². The Bertz CT molecular complexity index is 753. The number of nitrogens with zero attached hydrogens (tertiary/aromatic N) is 1. The highest BCUT2D eigenvalue weighted by Gasteiger charge is 2.00. The van der Waals surface area contributed by atoms with Gasteiger partial charge >= 0.3 is 0 Å². The predicted molar refractivity (Wildman–Crippen MR) is 85.3 cm³/mol. The third-order valence-corrected chi connectivity index (χ3v) is 3.62. The molecule has 3 heteroatoms. The van der Waals surface area contributed by atoms with Gasteiger partial charge < -0.3 is 5.32 Å². The van der Waals surface area contributed by atoms with Crippen LogP contribution in [0.1, 0.15) is 11.1 Å². The number of aromatic nitrogens is 1. The van der Waals surface area contributed by atoms with Crippen molar-refractivity contribution in [1.82, 2.24) is 4.98 Å². The van der Waals surface area contributed by atoms with Gasteiger partial charge in [0.1, 0.15) is 0 Å². The van der Waals surface area contributed by atoms with Crippen LogP contribution in [-0.4, -0.2) is 4.98 Å². The van der Waals surface area contributed by atoms with Crippen molar-refractivity contribution in [1.29, 1.82) is 0 Å². The highest BCUT2D eigenvalue weighted by atomic mass is 35.5. The van der Waals surface area contributed by atoms with Gasteiger partial charge in [-0.2, -0.15) is 0 Å². The van der Waals surface area contributed by atoms with Crippen LogP contribution in [0.2, 0.25) is 5.02 Å². The summed E-state index contributed by atoms with van der Waals surface area (Å²) in [4.78, 5) is 4.13. The number of aryl methyl sites for hydroxylation is 1. The van der Waals surface area contributed by atoms with E-state index in [1.807, 2.05) is 36.7 Å². The molecule has 2 aromatic carbocycles. The Morgan fingerprint density at radius 1 is 1.05 bits per heavy atom. The third kappa shape index (κ3) is 2.75. The number of nitrogens with one attached hydrogen (secondary N) is 1. The fourth-order valence-corrected chi connectivity index (χ4v) is 2.40. The lowest BCUT2D eigenvalue weighted by atomic mass is 10.1. The maximum atomic E-state index is 6.03. The lowest BCUT2D eigenvalue weighted by molar-refractivity contribution is 1.14. The fourth-order valence-electron chi connectivity index (χ4n) is 2.22. The number of fused-ring (bicyclic) bond motifs is 1. The van der Waals surface area contributed by atoms with Crippen LogP contribution in [0.15, 0.2) is 54.9 Å². The van der Waals surface area contributed by atoms with Crippen LogP contribution in [0, 0.1) is 6.92 Å². The number of anilines is 1. The average molecular weight is 283 g/mol. The second-order valence-electron chi connectivity index (χ2n) is 4.87. The molecule has 0 aliphatic heterocycles. The molecule has 1 aromatic heterocycles. The van der Waals surface area contributed by atoms with Crippen LogP contribution in [0.5, 0.6) is 0 Å². The van der Waals surface area contributed by atoms with E-state index in [4.69, 9.17) is 11.6 Å². The molecule has 2 nitrogen and oxygen atoms in total. The first kappa shape index (κ1) is 12.9. The number of benzene rings is 2. The van der Waals surface area contributed by atoms with Crippen LogP contribution in [-0.2, 0) is 6.54 Å². The summed E-state index contributed by atoms with van der Waals surface area (Å²) in [5, 5.41) is 6.56. The van der Waals surface area contributed by atoms with E-state index in [2.05, 4.69) is 35.4 Å². The molecule has 0 atom stereocenters. The van der Waals surface area contributed by atoms with E-state index in [0.717, 1.165) is 22.6 Å². The van der Waals surface area contributed by atoms with Crippen LogP contribution in [0.25, 0.3) is 10.8 Å². The summed E-state index contributed by atoms with van der Waals surface area (Å²) in [6.45, 7) is 2.85. The van der Waals surface area contributed by atoms with E-state index < -0.39 is 0 Å². The summed E-state index contributed by atoms with van der Waals surface area (Å²) in [6, 6.07) is 14.3. The van der Waals surface area contributed by atoms with Gasteiger partial charge in [0, 0.05) is 35.0 Å². The number of rotatable bonds is 3. The van der Waals surface area contributed by atoms with E-state index in [1.54, 1.807) is 0 Å². The minimum Gasteiger partial charge on any atom is -0.381 e. The van der Waals surface area contributed by atoms with Crippen molar-refractivity contribution in [2.75, 3.05) is 5.32 Å². The van der Waals surface area contributed by atoms with Crippen molar-refractivity contribution in [2.45, 2.75) is 13.5 Å². The molecule has 0 unspecified atom stereocenters. The molecule has 0 saturated carbocycles. The Balaban J connectivity index is 1.81. The Labute approximate surface area is 123 Å². The predicted octanol–water partition coefficient (Wildman–Crippen LogP) is 4.81. The fraction of sp³-hybridized carbons (Fsp3) is 0.118. The van der Waals surface area contributed by atoms with Crippen molar-refractivity contribution in [3.05, 3.63) is 71.0 Å². The van der Waals surface area contributed by atoms with Gasteiger partial charge in [-0.1, -0.05) is 29.8 Å².